The summed E-state index contributed by atoms with van der Waals surface area (Å²) in [4.78, 5) is 25.1. The third-order valence-electron chi connectivity index (χ3n) is 3.06. The lowest BCUT2D eigenvalue weighted by atomic mass is 9.99. The quantitative estimate of drug-likeness (QED) is 0.586. The number of carboxylic acids is 1. The zero-order valence-corrected chi connectivity index (χ0v) is 12.4. The Bertz CT molecular complexity index is 305. The first-order valence-corrected chi connectivity index (χ1v) is 6.56. The van der Waals surface area contributed by atoms with Crippen molar-refractivity contribution in [1.29, 1.82) is 0 Å². The monoisotopic (exact) mass is 274 g/mol. The van der Waals surface area contributed by atoms with E-state index in [1.807, 2.05) is 13.8 Å². The maximum atomic E-state index is 12.2. The zero-order valence-electron chi connectivity index (χ0n) is 12.4. The molecule has 0 aromatic heterocycles. The van der Waals surface area contributed by atoms with Crippen molar-refractivity contribution in [3.05, 3.63) is 0 Å². The van der Waals surface area contributed by atoms with Gasteiger partial charge in [0.25, 0.3) is 0 Å². The smallest absolute Gasteiger partial charge is 0.326 e. The summed E-state index contributed by atoms with van der Waals surface area (Å²) in [7, 11) is 1.74. The molecule has 0 saturated heterocycles. The SMILES string of the molecule is CC(C)C(NC(=O)C(C(C)C)N(C)CCO)C(=O)O. The van der Waals surface area contributed by atoms with Gasteiger partial charge < -0.3 is 15.5 Å². The van der Waals surface area contributed by atoms with Gasteiger partial charge in [0.1, 0.15) is 6.04 Å². The molecule has 2 unspecified atom stereocenters. The first-order valence-electron chi connectivity index (χ1n) is 6.56. The minimum Gasteiger partial charge on any atom is -0.480 e. The van der Waals surface area contributed by atoms with E-state index < -0.39 is 18.1 Å². The van der Waals surface area contributed by atoms with Crippen molar-refractivity contribution < 1.29 is 19.8 Å². The molecular formula is C13H26N2O4. The zero-order chi connectivity index (χ0) is 15.2. The van der Waals surface area contributed by atoms with Gasteiger partial charge in [-0.2, -0.15) is 0 Å². The van der Waals surface area contributed by atoms with E-state index in [2.05, 4.69) is 5.32 Å². The molecule has 3 N–H and O–H groups in total. The van der Waals surface area contributed by atoms with Crippen LogP contribution in [0.1, 0.15) is 27.7 Å². The van der Waals surface area contributed by atoms with E-state index in [-0.39, 0.29) is 24.3 Å². The molecule has 0 fully saturated rings. The number of aliphatic carboxylic acids is 1. The number of likely N-dealkylation sites (N-methyl/N-ethyl adjacent to an activating group) is 1. The van der Waals surface area contributed by atoms with E-state index in [1.54, 1.807) is 25.8 Å². The molecule has 0 rings (SSSR count). The molecule has 0 aliphatic heterocycles. The summed E-state index contributed by atoms with van der Waals surface area (Å²) in [5, 5.41) is 20.6. The number of carboxylic acid groups (broad SMARTS) is 1. The summed E-state index contributed by atoms with van der Waals surface area (Å²) in [5.41, 5.74) is 0. The van der Waals surface area contributed by atoms with Gasteiger partial charge >= 0.3 is 5.97 Å². The van der Waals surface area contributed by atoms with Gasteiger partial charge in [-0.15, -0.1) is 0 Å². The molecule has 0 bridgehead atoms. The number of rotatable bonds is 8. The number of nitrogens with zero attached hydrogens (tertiary/aromatic N) is 1. The van der Waals surface area contributed by atoms with Crippen molar-refractivity contribution in [2.24, 2.45) is 11.8 Å². The molecule has 6 heteroatoms. The predicted molar refractivity (Wildman–Crippen MR) is 72.7 cm³/mol. The fourth-order valence-electron chi connectivity index (χ4n) is 2.06. The molecule has 6 nitrogen and oxygen atoms in total. The molecule has 0 aliphatic carbocycles. The van der Waals surface area contributed by atoms with Crippen LogP contribution in [-0.2, 0) is 9.59 Å². The van der Waals surface area contributed by atoms with Crippen molar-refractivity contribution in [2.75, 3.05) is 20.2 Å². The second-order valence-electron chi connectivity index (χ2n) is 5.46. The first-order chi connectivity index (χ1) is 8.72. The molecular weight excluding hydrogens is 248 g/mol. The Morgan fingerprint density at radius 1 is 1.16 bits per heavy atom. The normalized spacial score (nSPS) is 14.8. The van der Waals surface area contributed by atoms with E-state index in [9.17, 15) is 9.59 Å². The highest BCUT2D eigenvalue weighted by Gasteiger charge is 2.31. The highest BCUT2D eigenvalue weighted by atomic mass is 16.4. The maximum absolute atomic E-state index is 12.2. The summed E-state index contributed by atoms with van der Waals surface area (Å²) >= 11 is 0. The Balaban J connectivity index is 4.86. The van der Waals surface area contributed by atoms with E-state index in [1.165, 1.54) is 0 Å². The molecule has 112 valence electrons. The minimum absolute atomic E-state index is 0.0261. The van der Waals surface area contributed by atoms with Crippen molar-refractivity contribution in [3.8, 4) is 0 Å². The Morgan fingerprint density at radius 2 is 1.68 bits per heavy atom. The first kappa shape index (κ1) is 17.9. The van der Waals surface area contributed by atoms with Crippen LogP contribution >= 0.6 is 0 Å². The summed E-state index contributed by atoms with van der Waals surface area (Å²) in [6.45, 7) is 7.61. The van der Waals surface area contributed by atoms with Crippen molar-refractivity contribution in [2.45, 2.75) is 39.8 Å². The number of hydrogen-bond donors (Lipinski definition) is 3. The van der Waals surface area contributed by atoms with Crippen LogP contribution in [0.4, 0.5) is 0 Å². The fraction of sp³-hybridized carbons (Fsp3) is 0.846. The van der Waals surface area contributed by atoms with Gasteiger partial charge in [0.15, 0.2) is 0 Å². The number of aliphatic hydroxyl groups is 1. The average molecular weight is 274 g/mol. The number of amides is 1. The van der Waals surface area contributed by atoms with E-state index in [0.717, 1.165) is 0 Å². The molecule has 0 aromatic rings. The van der Waals surface area contributed by atoms with Crippen LogP contribution in [-0.4, -0.2) is 59.3 Å². The van der Waals surface area contributed by atoms with Crippen molar-refractivity contribution >= 4 is 11.9 Å². The average Bonchev–Trinajstić information content (AvgIpc) is 2.24. The van der Waals surface area contributed by atoms with Crippen LogP contribution in [0, 0.1) is 11.8 Å². The fourth-order valence-corrected chi connectivity index (χ4v) is 2.06. The van der Waals surface area contributed by atoms with Gasteiger partial charge in [0, 0.05) is 6.54 Å². The molecule has 0 aromatic carbocycles. The Kier molecular flexibility index (Phi) is 7.63. The Hall–Kier alpha value is -1.14. The number of aliphatic hydroxyl groups excluding tert-OH is 1. The summed E-state index contributed by atoms with van der Waals surface area (Å²) in [6, 6.07) is -1.34. The molecule has 0 aliphatic rings. The maximum Gasteiger partial charge on any atom is 0.326 e. The van der Waals surface area contributed by atoms with Gasteiger partial charge in [0.2, 0.25) is 5.91 Å². The topological polar surface area (TPSA) is 89.9 Å². The van der Waals surface area contributed by atoms with Crippen LogP contribution in [0.5, 0.6) is 0 Å². The van der Waals surface area contributed by atoms with Crippen LogP contribution in [0.2, 0.25) is 0 Å². The Labute approximate surface area is 114 Å². The third-order valence-corrected chi connectivity index (χ3v) is 3.06. The van der Waals surface area contributed by atoms with Crippen LogP contribution < -0.4 is 5.32 Å². The van der Waals surface area contributed by atoms with Gasteiger partial charge in [-0.3, -0.25) is 9.69 Å². The molecule has 2 atom stereocenters. The lowest BCUT2D eigenvalue weighted by Crippen LogP contribution is -2.54. The molecule has 1 amide bonds. The minimum atomic E-state index is -1.03. The van der Waals surface area contributed by atoms with Crippen molar-refractivity contribution in [1.82, 2.24) is 10.2 Å². The number of hydrogen-bond acceptors (Lipinski definition) is 4. The van der Waals surface area contributed by atoms with E-state index >= 15 is 0 Å². The van der Waals surface area contributed by atoms with E-state index in [0.29, 0.717) is 6.54 Å². The lowest BCUT2D eigenvalue weighted by Gasteiger charge is -2.31. The summed E-state index contributed by atoms with van der Waals surface area (Å²) < 4.78 is 0. The van der Waals surface area contributed by atoms with Gasteiger partial charge in [-0.05, 0) is 18.9 Å². The third kappa shape index (κ3) is 5.57. The van der Waals surface area contributed by atoms with E-state index in [4.69, 9.17) is 10.2 Å². The van der Waals surface area contributed by atoms with Crippen LogP contribution in [0.15, 0.2) is 0 Å². The Morgan fingerprint density at radius 3 is 2.00 bits per heavy atom. The second kappa shape index (κ2) is 8.12. The lowest BCUT2D eigenvalue weighted by molar-refractivity contribution is -0.144. The van der Waals surface area contributed by atoms with Crippen molar-refractivity contribution in [3.63, 3.8) is 0 Å². The standard InChI is InChI=1S/C13H26N2O4/c1-8(2)10(13(18)19)14-12(17)11(9(3)4)15(5)6-7-16/h8-11,16H,6-7H2,1-5H3,(H,14,17)(H,18,19). The molecule has 19 heavy (non-hydrogen) atoms. The van der Waals surface area contributed by atoms with Crippen LogP contribution in [0.25, 0.3) is 0 Å². The molecule has 0 radical (unpaired) electrons. The molecule has 0 spiro atoms. The van der Waals surface area contributed by atoms with Gasteiger partial charge in [-0.25, -0.2) is 4.79 Å². The van der Waals surface area contributed by atoms with Gasteiger partial charge in [0.05, 0.1) is 12.6 Å². The number of nitrogens with one attached hydrogen (secondary N) is 1. The summed E-state index contributed by atoms with van der Waals surface area (Å²) in [6.07, 6.45) is 0. The largest absolute Gasteiger partial charge is 0.480 e. The predicted octanol–water partition coefficient (Wildman–Crippen LogP) is 0.161. The highest BCUT2D eigenvalue weighted by molar-refractivity contribution is 5.87. The molecule has 0 saturated carbocycles. The van der Waals surface area contributed by atoms with Gasteiger partial charge in [-0.1, -0.05) is 27.7 Å². The van der Waals surface area contributed by atoms with Crippen LogP contribution in [0.3, 0.4) is 0 Å². The molecule has 0 heterocycles. The summed E-state index contributed by atoms with van der Waals surface area (Å²) in [5.74, 6) is -1.50. The highest BCUT2D eigenvalue weighted by Crippen LogP contribution is 2.11. The number of carbonyl (C=O) groups is 2. The second-order valence-corrected chi connectivity index (χ2v) is 5.46. The number of carbonyl (C=O) groups excluding carboxylic acids is 1.